The van der Waals surface area contributed by atoms with Crippen LogP contribution >= 0.6 is 0 Å². The zero-order chi connectivity index (χ0) is 15.1. The largest absolute Gasteiger partial charge is 0.364 e. The molecule has 0 saturated carbocycles. The van der Waals surface area contributed by atoms with Gasteiger partial charge in [0.1, 0.15) is 5.56 Å². The van der Waals surface area contributed by atoms with E-state index >= 15 is 0 Å². The molecule has 0 unspecified atom stereocenters. The van der Waals surface area contributed by atoms with Crippen molar-refractivity contribution in [3.8, 4) is 0 Å². The van der Waals surface area contributed by atoms with E-state index in [0.29, 0.717) is 18.2 Å². The van der Waals surface area contributed by atoms with E-state index in [9.17, 15) is 14.4 Å². The molecule has 0 radical (unpaired) electrons. The molecular weight excluding hydrogens is 258 g/mol. The zero-order valence-corrected chi connectivity index (χ0v) is 12.1. The molecule has 0 atom stereocenters. The second-order valence-corrected chi connectivity index (χ2v) is 5.10. The van der Waals surface area contributed by atoms with Gasteiger partial charge in [-0.25, -0.2) is 0 Å². The van der Waals surface area contributed by atoms with E-state index in [1.165, 1.54) is 12.3 Å². The summed E-state index contributed by atoms with van der Waals surface area (Å²) in [7, 11) is 0. The molecule has 0 bridgehead atoms. The van der Waals surface area contributed by atoms with Crippen molar-refractivity contribution < 1.29 is 9.59 Å². The van der Waals surface area contributed by atoms with Crippen LogP contribution < -0.4 is 16.1 Å². The predicted molar refractivity (Wildman–Crippen MR) is 76.6 cm³/mol. The molecule has 2 amide bonds. The Balaban J connectivity index is 2.40. The van der Waals surface area contributed by atoms with Crippen LogP contribution in [0.15, 0.2) is 17.1 Å². The molecule has 1 heterocycles. The maximum Gasteiger partial charge on any atom is 0.256 e. The number of carbonyl (C=O) groups is 2. The smallest absolute Gasteiger partial charge is 0.256 e. The molecule has 110 valence electrons. The molecule has 0 aromatic carbocycles. The van der Waals surface area contributed by atoms with Crippen molar-refractivity contribution >= 4 is 11.8 Å². The van der Waals surface area contributed by atoms with Crippen LogP contribution in [0.5, 0.6) is 0 Å². The average molecular weight is 279 g/mol. The highest BCUT2D eigenvalue weighted by atomic mass is 16.2. The van der Waals surface area contributed by atoms with Gasteiger partial charge in [0.05, 0.1) is 0 Å². The van der Waals surface area contributed by atoms with Gasteiger partial charge in [-0.1, -0.05) is 13.8 Å². The van der Waals surface area contributed by atoms with E-state index in [1.807, 2.05) is 13.8 Å². The fourth-order valence-electron chi connectivity index (χ4n) is 1.54. The van der Waals surface area contributed by atoms with Crippen LogP contribution in [-0.2, 0) is 4.79 Å². The zero-order valence-electron chi connectivity index (χ0n) is 12.1. The summed E-state index contributed by atoms with van der Waals surface area (Å²) in [6, 6.07) is 1.37. The highest BCUT2D eigenvalue weighted by Gasteiger charge is 2.10. The van der Waals surface area contributed by atoms with Crippen molar-refractivity contribution in [2.75, 3.05) is 13.1 Å². The van der Waals surface area contributed by atoms with Crippen LogP contribution in [-0.4, -0.2) is 29.9 Å². The molecule has 1 aromatic rings. The maximum atomic E-state index is 11.8. The predicted octanol–water partition coefficient (Wildman–Crippen LogP) is 0.575. The Hall–Kier alpha value is -2.11. The van der Waals surface area contributed by atoms with E-state index < -0.39 is 5.91 Å². The number of rotatable bonds is 6. The SMILES string of the molecule is Cc1cc(=O)c(C(=O)NCCC(=O)NCC(C)C)c[nH]1. The summed E-state index contributed by atoms with van der Waals surface area (Å²) in [4.78, 5) is 37.6. The van der Waals surface area contributed by atoms with Gasteiger partial charge in [-0.2, -0.15) is 0 Å². The number of H-pyrrole nitrogens is 1. The molecule has 3 N–H and O–H groups in total. The van der Waals surface area contributed by atoms with Crippen LogP contribution in [0.2, 0.25) is 0 Å². The Morgan fingerprint density at radius 3 is 2.60 bits per heavy atom. The molecule has 1 aromatic heterocycles. The second kappa shape index (κ2) is 7.47. The molecule has 0 aliphatic carbocycles. The van der Waals surface area contributed by atoms with E-state index in [4.69, 9.17) is 0 Å². The van der Waals surface area contributed by atoms with Crippen molar-refractivity contribution in [3.05, 3.63) is 33.7 Å². The number of amides is 2. The summed E-state index contributed by atoms with van der Waals surface area (Å²) < 4.78 is 0. The normalized spacial score (nSPS) is 10.4. The molecule has 6 nitrogen and oxygen atoms in total. The lowest BCUT2D eigenvalue weighted by molar-refractivity contribution is -0.121. The van der Waals surface area contributed by atoms with E-state index in [2.05, 4.69) is 15.6 Å². The molecule has 0 aliphatic rings. The third-order valence-electron chi connectivity index (χ3n) is 2.65. The Morgan fingerprint density at radius 1 is 1.30 bits per heavy atom. The van der Waals surface area contributed by atoms with Gasteiger partial charge in [0, 0.05) is 37.5 Å². The molecule has 20 heavy (non-hydrogen) atoms. The Bertz CT molecular complexity index is 535. The highest BCUT2D eigenvalue weighted by molar-refractivity contribution is 5.94. The number of aromatic nitrogens is 1. The van der Waals surface area contributed by atoms with Crippen molar-refractivity contribution in [1.29, 1.82) is 0 Å². The summed E-state index contributed by atoms with van der Waals surface area (Å²) >= 11 is 0. The number of aromatic amines is 1. The van der Waals surface area contributed by atoms with E-state index in [0.717, 1.165) is 0 Å². The van der Waals surface area contributed by atoms with Gasteiger partial charge < -0.3 is 15.6 Å². The molecule has 0 fully saturated rings. The van der Waals surface area contributed by atoms with Crippen molar-refractivity contribution in [2.24, 2.45) is 5.92 Å². The first kappa shape index (κ1) is 15.9. The average Bonchev–Trinajstić information content (AvgIpc) is 2.36. The molecule has 6 heteroatoms. The lowest BCUT2D eigenvalue weighted by Gasteiger charge is -2.08. The number of aryl methyl sites for hydroxylation is 1. The first-order valence-electron chi connectivity index (χ1n) is 6.64. The minimum atomic E-state index is -0.470. The lowest BCUT2D eigenvalue weighted by Crippen LogP contribution is -2.34. The van der Waals surface area contributed by atoms with Crippen molar-refractivity contribution in [3.63, 3.8) is 0 Å². The van der Waals surface area contributed by atoms with Gasteiger partial charge in [0.15, 0.2) is 5.43 Å². The van der Waals surface area contributed by atoms with Crippen LogP contribution in [0.4, 0.5) is 0 Å². The third kappa shape index (κ3) is 5.26. The Kier molecular flexibility index (Phi) is 5.96. The third-order valence-corrected chi connectivity index (χ3v) is 2.65. The van der Waals surface area contributed by atoms with Crippen LogP contribution in [0.25, 0.3) is 0 Å². The number of hydrogen-bond donors (Lipinski definition) is 3. The van der Waals surface area contributed by atoms with Gasteiger partial charge in [0.2, 0.25) is 5.91 Å². The summed E-state index contributed by atoms with van der Waals surface area (Å²) in [6.07, 6.45) is 1.58. The van der Waals surface area contributed by atoms with Gasteiger partial charge >= 0.3 is 0 Å². The van der Waals surface area contributed by atoms with Crippen molar-refractivity contribution in [2.45, 2.75) is 27.2 Å². The standard InChI is InChI=1S/C14H21N3O3/c1-9(2)7-17-13(19)4-5-15-14(20)11-8-16-10(3)6-12(11)18/h6,8-9H,4-5,7H2,1-3H3,(H,15,20)(H,16,18)(H,17,19). The first-order chi connectivity index (χ1) is 9.40. The number of nitrogens with one attached hydrogen (secondary N) is 3. The van der Waals surface area contributed by atoms with Gasteiger partial charge in [-0.15, -0.1) is 0 Å². The molecule has 0 saturated heterocycles. The Morgan fingerprint density at radius 2 is 2.00 bits per heavy atom. The van der Waals surface area contributed by atoms with E-state index in [-0.39, 0.29) is 29.9 Å². The van der Waals surface area contributed by atoms with Crippen molar-refractivity contribution in [1.82, 2.24) is 15.6 Å². The molecule has 1 rings (SSSR count). The number of pyridine rings is 1. The minimum absolute atomic E-state index is 0.0539. The van der Waals surface area contributed by atoms with Gasteiger partial charge in [0.25, 0.3) is 5.91 Å². The maximum absolute atomic E-state index is 11.8. The molecule has 0 spiro atoms. The fourth-order valence-corrected chi connectivity index (χ4v) is 1.54. The van der Waals surface area contributed by atoms with Gasteiger partial charge in [-0.05, 0) is 12.8 Å². The summed E-state index contributed by atoms with van der Waals surface area (Å²) in [5.41, 5.74) is 0.417. The van der Waals surface area contributed by atoms with Crippen LogP contribution in [0, 0.1) is 12.8 Å². The van der Waals surface area contributed by atoms with Crippen LogP contribution in [0.3, 0.4) is 0 Å². The summed E-state index contributed by atoms with van der Waals surface area (Å²) in [6.45, 7) is 6.57. The topological polar surface area (TPSA) is 91.1 Å². The minimum Gasteiger partial charge on any atom is -0.364 e. The molecule has 0 aliphatic heterocycles. The van der Waals surface area contributed by atoms with Gasteiger partial charge in [-0.3, -0.25) is 14.4 Å². The Labute approximate surface area is 118 Å². The van der Waals surface area contributed by atoms with Crippen LogP contribution in [0.1, 0.15) is 36.3 Å². The number of hydrogen-bond acceptors (Lipinski definition) is 3. The summed E-state index contributed by atoms with van der Waals surface area (Å²) in [5, 5.41) is 5.31. The fraction of sp³-hybridized carbons (Fsp3) is 0.500. The lowest BCUT2D eigenvalue weighted by atomic mass is 10.2. The summed E-state index contributed by atoms with van der Waals surface area (Å²) in [5.74, 6) is -0.195. The monoisotopic (exact) mass is 279 g/mol. The first-order valence-corrected chi connectivity index (χ1v) is 6.64. The quantitative estimate of drug-likeness (QED) is 0.711. The molecular formula is C14H21N3O3. The highest BCUT2D eigenvalue weighted by Crippen LogP contribution is 1.93. The van der Waals surface area contributed by atoms with E-state index in [1.54, 1.807) is 6.92 Å². The number of carbonyl (C=O) groups excluding carboxylic acids is 2. The second-order valence-electron chi connectivity index (χ2n) is 5.10.